The fourth-order valence-electron chi connectivity index (χ4n) is 3.04. The third kappa shape index (κ3) is 3.93. The lowest BCUT2D eigenvalue weighted by atomic mass is 9.95. The van der Waals surface area contributed by atoms with Crippen molar-refractivity contribution in [3.8, 4) is 0 Å². The molecule has 118 valence electrons. The van der Waals surface area contributed by atoms with Crippen LogP contribution in [0.3, 0.4) is 0 Å². The van der Waals surface area contributed by atoms with Crippen LogP contribution in [0, 0.1) is 0 Å². The highest BCUT2D eigenvalue weighted by Crippen LogP contribution is 2.28. The third-order valence-corrected chi connectivity index (χ3v) is 4.21. The van der Waals surface area contributed by atoms with Crippen LogP contribution in [0.2, 0.25) is 0 Å². The Morgan fingerprint density at radius 1 is 1.36 bits per heavy atom. The smallest absolute Gasteiger partial charge is 0.0978 e. The number of hydrogen-bond acceptors (Lipinski definition) is 4. The Morgan fingerprint density at radius 3 is 3.00 bits per heavy atom. The molecule has 1 aliphatic heterocycles. The topological polar surface area (TPSA) is 52.0 Å². The highest BCUT2D eigenvalue weighted by Gasteiger charge is 2.28. The van der Waals surface area contributed by atoms with Crippen LogP contribution >= 0.6 is 0 Å². The summed E-state index contributed by atoms with van der Waals surface area (Å²) in [5, 5.41) is 8.00. The fourth-order valence-corrected chi connectivity index (χ4v) is 3.04. The lowest BCUT2D eigenvalue weighted by molar-refractivity contribution is -0.0137. The molecule has 2 aromatic heterocycles. The van der Waals surface area contributed by atoms with Gasteiger partial charge in [-0.3, -0.25) is 9.67 Å². The van der Waals surface area contributed by atoms with Crippen molar-refractivity contribution >= 4 is 0 Å². The Kier molecular flexibility index (Phi) is 5.19. The van der Waals surface area contributed by atoms with Gasteiger partial charge in [0.1, 0.15) is 0 Å². The van der Waals surface area contributed by atoms with Gasteiger partial charge in [0.15, 0.2) is 0 Å². The van der Waals surface area contributed by atoms with E-state index in [-0.39, 0.29) is 6.10 Å². The molecule has 1 unspecified atom stereocenters. The second-order valence-electron chi connectivity index (χ2n) is 5.95. The molecule has 0 spiro atoms. The van der Waals surface area contributed by atoms with Crippen LogP contribution in [-0.4, -0.2) is 33.5 Å². The lowest BCUT2D eigenvalue weighted by Crippen LogP contribution is -2.44. The summed E-state index contributed by atoms with van der Waals surface area (Å²) >= 11 is 0. The first-order valence-corrected chi connectivity index (χ1v) is 8.08. The first-order chi connectivity index (χ1) is 10.8. The number of aryl methyl sites for hydroxylation is 1. The maximum atomic E-state index is 6.02. The first kappa shape index (κ1) is 15.2. The SMILES string of the molecule is CC(CCn1cccn1)N[C@H]1CCCO[C@@H]1c1ccncc1. The highest BCUT2D eigenvalue weighted by molar-refractivity contribution is 5.16. The predicted octanol–water partition coefficient (Wildman–Crippen LogP) is 2.57. The number of nitrogens with one attached hydrogen (secondary N) is 1. The Morgan fingerprint density at radius 2 is 2.23 bits per heavy atom. The molecular weight excluding hydrogens is 276 g/mol. The van der Waals surface area contributed by atoms with Crippen LogP contribution in [0.1, 0.15) is 37.9 Å². The van der Waals surface area contributed by atoms with E-state index in [9.17, 15) is 0 Å². The number of aromatic nitrogens is 3. The van der Waals surface area contributed by atoms with Crippen molar-refractivity contribution in [2.45, 2.75) is 50.9 Å². The van der Waals surface area contributed by atoms with E-state index in [1.54, 1.807) is 0 Å². The molecule has 0 amide bonds. The molecule has 0 saturated carbocycles. The molecule has 22 heavy (non-hydrogen) atoms. The van der Waals surface area contributed by atoms with Crippen LogP contribution in [0.15, 0.2) is 43.0 Å². The summed E-state index contributed by atoms with van der Waals surface area (Å²) in [5.41, 5.74) is 1.21. The van der Waals surface area contributed by atoms with Gasteiger partial charge in [-0.1, -0.05) is 0 Å². The minimum Gasteiger partial charge on any atom is -0.372 e. The van der Waals surface area contributed by atoms with Gasteiger partial charge in [-0.2, -0.15) is 5.10 Å². The Bertz CT molecular complexity index is 543. The predicted molar refractivity (Wildman–Crippen MR) is 85.4 cm³/mol. The Labute approximate surface area is 131 Å². The van der Waals surface area contributed by atoms with Gasteiger partial charge in [0.05, 0.1) is 6.10 Å². The van der Waals surface area contributed by atoms with E-state index in [2.05, 4.69) is 34.5 Å². The molecule has 3 rings (SSSR count). The number of rotatable bonds is 6. The third-order valence-electron chi connectivity index (χ3n) is 4.21. The van der Waals surface area contributed by atoms with Gasteiger partial charge >= 0.3 is 0 Å². The van der Waals surface area contributed by atoms with Gasteiger partial charge in [-0.05, 0) is 49.9 Å². The summed E-state index contributed by atoms with van der Waals surface area (Å²) < 4.78 is 8.00. The van der Waals surface area contributed by atoms with Gasteiger partial charge in [0, 0.05) is 50.0 Å². The molecule has 2 aromatic rings. The Balaban J connectivity index is 1.56. The zero-order valence-electron chi connectivity index (χ0n) is 13.1. The van der Waals surface area contributed by atoms with Crippen LogP contribution in [-0.2, 0) is 11.3 Å². The van der Waals surface area contributed by atoms with E-state index in [1.165, 1.54) is 5.56 Å². The molecular formula is C17H24N4O. The molecule has 0 radical (unpaired) electrons. The van der Waals surface area contributed by atoms with Crippen molar-refractivity contribution in [3.05, 3.63) is 48.5 Å². The van der Waals surface area contributed by atoms with Crippen molar-refractivity contribution in [1.82, 2.24) is 20.1 Å². The number of nitrogens with zero attached hydrogens (tertiary/aromatic N) is 3. The molecule has 1 saturated heterocycles. The van der Waals surface area contributed by atoms with E-state index < -0.39 is 0 Å². The standard InChI is InChI=1S/C17H24N4O/c1-14(7-12-21-11-3-8-19-21)20-16-4-2-13-22-17(16)15-5-9-18-10-6-15/h3,5-6,8-11,14,16-17,20H,2,4,7,12-13H2,1H3/t14?,16-,17+/m0/s1. The van der Waals surface area contributed by atoms with Gasteiger partial charge in [0.2, 0.25) is 0 Å². The van der Waals surface area contributed by atoms with E-state index in [1.807, 2.05) is 35.5 Å². The second kappa shape index (κ2) is 7.51. The van der Waals surface area contributed by atoms with Crippen LogP contribution in [0.25, 0.3) is 0 Å². The van der Waals surface area contributed by atoms with Crippen LogP contribution in [0.5, 0.6) is 0 Å². The zero-order chi connectivity index (χ0) is 15.2. The number of ether oxygens (including phenoxy) is 1. The fraction of sp³-hybridized carbons (Fsp3) is 0.529. The summed E-state index contributed by atoms with van der Waals surface area (Å²) in [5.74, 6) is 0. The average molecular weight is 300 g/mol. The zero-order valence-corrected chi connectivity index (χ0v) is 13.1. The molecule has 5 nitrogen and oxygen atoms in total. The summed E-state index contributed by atoms with van der Waals surface area (Å²) in [7, 11) is 0. The molecule has 3 heterocycles. The molecule has 0 bridgehead atoms. The summed E-state index contributed by atoms with van der Waals surface area (Å²) in [6.07, 6.45) is 11.0. The highest BCUT2D eigenvalue weighted by atomic mass is 16.5. The normalized spacial score (nSPS) is 23.3. The molecule has 1 fully saturated rings. The lowest BCUT2D eigenvalue weighted by Gasteiger charge is -2.34. The number of hydrogen-bond donors (Lipinski definition) is 1. The molecule has 5 heteroatoms. The Hall–Kier alpha value is -1.72. The van der Waals surface area contributed by atoms with E-state index in [4.69, 9.17) is 4.74 Å². The monoisotopic (exact) mass is 300 g/mol. The summed E-state index contributed by atoms with van der Waals surface area (Å²) in [6.45, 7) is 4.02. The molecule has 1 N–H and O–H groups in total. The van der Waals surface area contributed by atoms with Gasteiger partial charge < -0.3 is 10.1 Å². The molecule has 0 aromatic carbocycles. The molecule has 1 aliphatic rings. The minimum atomic E-state index is 0.129. The summed E-state index contributed by atoms with van der Waals surface area (Å²) in [4.78, 5) is 4.10. The van der Waals surface area contributed by atoms with Crippen molar-refractivity contribution in [2.75, 3.05) is 6.61 Å². The van der Waals surface area contributed by atoms with E-state index in [0.29, 0.717) is 12.1 Å². The summed E-state index contributed by atoms with van der Waals surface area (Å²) in [6, 6.07) is 6.87. The maximum Gasteiger partial charge on any atom is 0.0978 e. The van der Waals surface area contributed by atoms with E-state index in [0.717, 1.165) is 32.4 Å². The van der Waals surface area contributed by atoms with Crippen molar-refractivity contribution < 1.29 is 4.74 Å². The second-order valence-corrected chi connectivity index (χ2v) is 5.95. The minimum absolute atomic E-state index is 0.129. The van der Waals surface area contributed by atoms with Crippen LogP contribution in [0.4, 0.5) is 0 Å². The quantitative estimate of drug-likeness (QED) is 0.891. The van der Waals surface area contributed by atoms with Crippen molar-refractivity contribution in [1.29, 1.82) is 0 Å². The maximum absolute atomic E-state index is 6.02. The first-order valence-electron chi connectivity index (χ1n) is 8.08. The van der Waals surface area contributed by atoms with Gasteiger partial charge in [-0.25, -0.2) is 0 Å². The van der Waals surface area contributed by atoms with E-state index >= 15 is 0 Å². The van der Waals surface area contributed by atoms with Crippen LogP contribution < -0.4 is 5.32 Å². The van der Waals surface area contributed by atoms with Crippen molar-refractivity contribution in [2.24, 2.45) is 0 Å². The average Bonchev–Trinajstić information content (AvgIpc) is 3.08. The number of pyridine rings is 1. The molecule has 0 aliphatic carbocycles. The van der Waals surface area contributed by atoms with Gasteiger partial charge in [0.25, 0.3) is 0 Å². The van der Waals surface area contributed by atoms with Crippen molar-refractivity contribution in [3.63, 3.8) is 0 Å². The van der Waals surface area contributed by atoms with Gasteiger partial charge in [-0.15, -0.1) is 0 Å². The molecule has 3 atom stereocenters. The largest absolute Gasteiger partial charge is 0.372 e.